The fourth-order valence-corrected chi connectivity index (χ4v) is 2.69. The summed E-state index contributed by atoms with van der Waals surface area (Å²) in [6, 6.07) is 0. The van der Waals surface area contributed by atoms with E-state index in [1.54, 1.807) is 0 Å². The van der Waals surface area contributed by atoms with Crippen LogP contribution in [0.3, 0.4) is 0 Å². The van der Waals surface area contributed by atoms with E-state index in [1.807, 2.05) is 0 Å². The first-order chi connectivity index (χ1) is 8.37. The second-order valence-corrected chi connectivity index (χ2v) is 6.34. The molecule has 0 bridgehead atoms. The summed E-state index contributed by atoms with van der Waals surface area (Å²) < 4.78 is 24.4. The van der Waals surface area contributed by atoms with E-state index in [1.165, 1.54) is 7.05 Å². The van der Waals surface area contributed by atoms with Crippen molar-refractivity contribution < 1.29 is 23.1 Å². The Hall–Kier alpha value is -1.15. The van der Waals surface area contributed by atoms with Gasteiger partial charge in [0.05, 0.1) is 17.6 Å². The summed E-state index contributed by atoms with van der Waals surface area (Å²) in [5, 5.41) is 11.4. The predicted octanol–water partition coefficient (Wildman–Crippen LogP) is -0.847. The summed E-state index contributed by atoms with van der Waals surface area (Å²) in [4.78, 5) is 22.7. The van der Waals surface area contributed by atoms with Crippen LogP contribution in [0.5, 0.6) is 0 Å². The monoisotopic (exact) mass is 278 g/mol. The molecule has 1 aliphatic carbocycles. The van der Waals surface area contributed by atoms with Crippen LogP contribution in [0.2, 0.25) is 0 Å². The van der Waals surface area contributed by atoms with Gasteiger partial charge in [0, 0.05) is 6.54 Å². The Kier molecular flexibility index (Phi) is 5.09. The zero-order valence-corrected chi connectivity index (χ0v) is 11.0. The summed E-state index contributed by atoms with van der Waals surface area (Å²) in [7, 11) is -2.05. The minimum Gasteiger partial charge on any atom is -0.481 e. The predicted molar refractivity (Wildman–Crippen MR) is 64.3 cm³/mol. The second-order valence-electron chi connectivity index (χ2n) is 4.30. The number of nitrogens with one attached hydrogen (secondary N) is 2. The molecule has 2 atom stereocenters. The van der Waals surface area contributed by atoms with Gasteiger partial charge in [-0.25, -0.2) is 13.1 Å². The van der Waals surface area contributed by atoms with Gasteiger partial charge >= 0.3 is 5.97 Å². The summed E-state index contributed by atoms with van der Waals surface area (Å²) in [6.45, 7) is -0.00908. The van der Waals surface area contributed by atoms with Gasteiger partial charge in [-0.15, -0.1) is 0 Å². The van der Waals surface area contributed by atoms with Crippen molar-refractivity contribution in [2.75, 3.05) is 19.3 Å². The topological polar surface area (TPSA) is 113 Å². The van der Waals surface area contributed by atoms with Crippen molar-refractivity contribution in [2.24, 2.45) is 11.8 Å². The van der Waals surface area contributed by atoms with E-state index in [0.717, 1.165) is 0 Å². The van der Waals surface area contributed by atoms with Crippen LogP contribution in [0.25, 0.3) is 0 Å². The summed E-state index contributed by atoms with van der Waals surface area (Å²) in [6.07, 6.45) is 1.76. The summed E-state index contributed by atoms with van der Waals surface area (Å²) in [5.41, 5.74) is 0. The maximum atomic E-state index is 11.7. The maximum Gasteiger partial charge on any atom is 0.307 e. The van der Waals surface area contributed by atoms with E-state index >= 15 is 0 Å². The minimum atomic E-state index is -3.35. The molecule has 0 aromatic carbocycles. The molecule has 3 N–H and O–H groups in total. The number of aliphatic carboxylic acids is 1. The van der Waals surface area contributed by atoms with Gasteiger partial charge in [-0.3, -0.25) is 9.59 Å². The first-order valence-corrected chi connectivity index (χ1v) is 7.44. The average molecular weight is 278 g/mol. The minimum absolute atomic E-state index is 0.00908. The number of hydrogen-bond acceptors (Lipinski definition) is 4. The van der Waals surface area contributed by atoms with Crippen LogP contribution >= 0.6 is 0 Å². The third-order valence-electron chi connectivity index (χ3n) is 3.15. The Balaban J connectivity index is 2.44. The van der Waals surface area contributed by atoms with E-state index in [4.69, 9.17) is 5.11 Å². The fourth-order valence-electron chi connectivity index (χ4n) is 2.11. The zero-order chi connectivity index (χ0) is 13.8. The third-order valence-corrected chi connectivity index (χ3v) is 4.51. The molecule has 1 saturated carbocycles. The lowest BCUT2D eigenvalue weighted by Crippen LogP contribution is -2.38. The molecule has 0 aromatic heterocycles. The number of carbonyl (C=O) groups is 2. The molecule has 8 heteroatoms. The smallest absolute Gasteiger partial charge is 0.307 e. The number of hydrogen-bond donors (Lipinski definition) is 3. The van der Waals surface area contributed by atoms with Gasteiger partial charge in [-0.05, 0) is 19.9 Å². The number of carbonyl (C=O) groups excluding carboxylic acids is 1. The maximum absolute atomic E-state index is 11.7. The molecule has 0 spiro atoms. The molecule has 104 valence electrons. The first-order valence-electron chi connectivity index (χ1n) is 5.79. The van der Waals surface area contributed by atoms with Crippen molar-refractivity contribution >= 4 is 21.9 Å². The van der Waals surface area contributed by atoms with E-state index in [0.29, 0.717) is 19.3 Å². The molecule has 1 rings (SSSR count). The lowest BCUT2D eigenvalue weighted by Gasteiger charge is -2.15. The molecule has 0 aliphatic heterocycles. The Labute approximate surface area is 106 Å². The van der Waals surface area contributed by atoms with Crippen LogP contribution in [0, 0.1) is 11.8 Å². The van der Waals surface area contributed by atoms with Crippen LogP contribution < -0.4 is 10.0 Å². The van der Waals surface area contributed by atoms with Crippen molar-refractivity contribution in [2.45, 2.75) is 19.3 Å². The highest BCUT2D eigenvalue weighted by Gasteiger charge is 2.37. The lowest BCUT2D eigenvalue weighted by atomic mass is 9.95. The van der Waals surface area contributed by atoms with Gasteiger partial charge in [0.1, 0.15) is 0 Å². The van der Waals surface area contributed by atoms with E-state index < -0.39 is 27.8 Å². The SMILES string of the molecule is CNS(=O)(=O)CCNC(=O)[C@@H]1CCC[C@@H]1C(=O)O. The van der Waals surface area contributed by atoms with Crippen molar-refractivity contribution in [3.05, 3.63) is 0 Å². The number of rotatable bonds is 6. The number of carboxylic acids is 1. The molecule has 1 fully saturated rings. The van der Waals surface area contributed by atoms with Crippen molar-refractivity contribution in [3.8, 4) is 0 Å². The zero-order valence-electron chi connectivity index (χ0n) is 10.2. The Morgan fingerprint density at radius 2 is 1.89 bits per heavy atom. The molecule has 0 unspecified atom stereocenters. The Bertz CT molecular complexity index is 420. The van der Waals surface area contributed by atoms with E-state index in [9.17, 15) is 18.0 Å². The number of amides is 1. The van der Waals surface area contributed by atoms with Crippen molar-refractivity contribution in [3.63, 3.8) is 0 Å². The highest BCUT2D eigenvalue weighted by Crippen LogP contribution is 2.31. The van der Waals surface area contributed by atoms with Gasteiger partial charge in [-0.2, -0.15) is 0 Å². The molecule has 18 heavy (non-hydrogen) atoms. The highest BCUT2D eigenvalue weighted by atomic mass is 32.2. The summed E-state index contributed by atoms with van der Waals surface area (Å²) >= 11 is 0. The van der Waals surface area contributed by atoms with Crippen LogP contribution in [0.4, 0.5) is 0 Å². The van der Waals surface area contributed by atoms with E-state index in [2.05, 4.69) is 10.0 Å². The van der Waals surface area contributed by atoms with Crippen molar-refractivity contribution in [1.82, 2.24) is 10.0 Å². The molecule has 0 aromatic rings. The van der Waals surface area contributed by atoms with Gasteiger partial charge in [0.15, 0.2) is 0 Å². The van der Waals surface area contributed by atoms with Crippen LogP contribution in [0.15, 0.2) is 0 Å². The van der Waals surface area contributed by atoms with E-state index in [-0.39, 0.29) is 18.2 Å². The van der Waals surface area contributed by atoms with Crippen molar-refractivity contribution in [1.29, 1.82) is 0 Å². The number of sulfonamides is 1. The molecule has 7 nitrogen and oxygen atoms in total. The highest BCUT2D eigenvalue weighted by molar-refractivity contribution is 7.89. The van der Waals surface area contributed by atoms with Crippen LogP contribution in [-0.4, -0.2) is 44.7 Å². The molecule has 1 aliphatic rings. The largest absolute Gasteiger partial charge is 0.481 e. The molecule has 0 saturated heterocycles. The molecule has 0 heterocycles. The second kappa shape index (κ2) is 6.14. The van der Waals surface area contributed by atoms with Gasteiger partial charge in [0.25, 0.3) is 0 Å². The molecular formula is C10H18N2O5S. The standard InChI is InChI=1S/C10H18N2O5S/c1-11-18(16,17)6-5-12-9(13)7-3-2-4-8(7)10(14)15/h7-8,11H,2-6H2,1H3,(H,12,13)(H,14,15)/t7-,8+/m1/s1. The Morgan fingerprint density at radius 3 is 2.44 bits per heavy atom. The lowest BCUT2D eigenvalue weighted by molar-refractivity contribution is -0.146. The van der Waals surface area contributed by atoms with Gasteiger partial charge in [0.2, 0.25) is 15.9 Å². The quantitative estimate of drug-likeness (QED) is 0.586. The first kappa shape index (κ1) is 14.9. The third kappa shape index (κ3) is 3.95. The number of carboxylic acid groups (broad SMARTS) is 1. The molecular weight excluding hydrogens is 260 g/mol. The van der Waals surface area contributed by atoms with Crippen LogP contribution in [-0.2, 0) is 19.6 Å². The normalized spacial score (nSPS) is 23.8. The fraction of sp³-hybridized carbons (Fsp3) is 0.800. The summed E-state index contributed by atoms with van der Waals surface area (Å²) in [5.74, 6) is -2.73. The van der Waals surface area contributed by atoms with Gasteiger partial charge in [-0.1, -0.05) is 6.42 Å². The Morgan fingerprint density at radius 1 is 1.28 bits per heavy atom. The van der Waals surface area contributed by atoms with Crippen LogP contribution in [0.1, 0.15) is 19.3 Å². The average Bonchev–Trinajstić information content (AvgIpc) is 2.77. The molecule has 0 radical (unpaired) electrons. The van der Waals surface area contributed by atoms with Gasteiger partial charge < -0.3 is 10.4 Å². The molecule has 1 amide bonds.